The highest BCUT2D eigenvalue weighted by atomic mass is 32.2. The number of hydrogen-bond acceptors (Lipinski definition) is 4. The number of rotatable bonds is 5. The van der Waals surface area contributed by atoms with Crippen LogP contribution in [0.3, 0.4) is 0 Å². The average Bonchev–Trinajstić information content (AvgIpc) is 2.86. The highest BCUT2D eigenvalue weighted by molar-refractivity contribution is 8.04. The summed E-state index contributed by atoms with van der Waals surface area (Å²) in [6.07, 6.45) is 0. The van der Waals surface area contributed by atoms with Gasteiger partial charge in [0.2, 0.25) is 5.91 Å². The quantitative estimate of drug-likeness (QED) is 0.799. The summed E-state index contributed by atoms with van der Waals surface area (Å²) in [7, 11) is 0. The molecule has 0 aliphatic carbocycles. The smallest absolute Gasteiger partial charge is 0.268 e. The lowest BCUT2D eigenvalue weighted by molar-refractivity contribution is -0.138. The fraction of sp³-hybridized carbons (Fsp3) is 0.190. The van der Waals surface area contributed by atoms with Gasteiger partial charge in [0.1, 0.15) is 0 Å². The molecule has 1 aliphatic rings. The third kappa shape index (κ3) is 3.95. The molecule has 5 nitrogen and oxygen atoms in total. The van der Waals surface area contributed by atoms with E-state index in [9.17, 15) is 14.4 Å². The molecule has 138 valence electrons. The molecule has 6 heteroatoms. The Morgan fingerprint density at radius 1 is 0.963 bits per heavy atom. The minimum atomic E-state index is -0.291. The van der Waals surface area contributed by atoms with E-state index in [0.717, 1.165) is 4.90 Å². The number of carbonyl (C=O) groups excluding carboxylic acids is 3. The van der Waals surface area contributed by atoms with Crippen LogP contribution < -0.4 is 5.32 Å². The summed E-state index contributed by atoms with van der Waals surface area (Å²) in [4.78, 5) is 39.7. The summed E-state index contributed by atoms with van der Waals surface area (Å²) in [5.41, 5.74) is 1.70. The number of amides is 3. The number of carbonyl (C=O) groups is 3. The third-order valence-corrected chi connectivity index (χ3v) is 5.14. The van der Waals surface area contributed by atoms with Crippen molar-refractivity contribution < 1.29 is 14.4 Å². The topological polar surface area (TPSA) is 66.5 Å². The first kappa shape index (κ1) is 18.9. The molecule has 1 heterocycles. The summed E-state index contributed by atoms with van der Waals surface area (Å²) in [5, 5.41) is 2.70. The lowest BCUT2D eigenvalue weighted by atomic mass is 10.1. The van der Waals surface area contributed by atoms with Crippen LogP contribution in [0.4, 0.5) is 5.69 Å². The molecule has 0 atom stereocenters. The van der Waals surface area contributed by atoms with E-state index in [-0.39, 0.29) is 23.8 Å². The van der Waals surface area contributed by atoms with E-state index in [1.54, 1.807) is 24.3 Å². The summed E-state index contributed by atoms with van der Waals surface area (Å²) >= 11 is 1.30. The summed E-state index contributed by atoms with van der Waals surface area (Å²) in [6, 6.07) is 16.2. The molecule has 27 heavy (non-hydrogen) atoms. The van der Waals surface area contributed by atoms with Crippen LogP contribution in [-0.4, -0.2) is 28.7 Å². The molecule has 2 aromatic rings. The molecule has 0 radical (unpaired) electrons. The van der Waals surface area contributed by atoms with E-state index in [4.69, 9.17) is 0 Å². The van der Waals surface area contributed by atoms with E-state index in [1.165, 1.54) is 23.6 Å². The second-order valence-electron chi connectivity index (χ2n) is 6.45. The van der Waals surface area contributed by atoms with Gasteiger partial charge in [-0.1, -0.05) is 42.1 Å². The summed E-state index contributed by atoms with van der Waals surface area (Å²) in [6.45, 7) is 5.08. The van der Waals surface area contributed by atoms with Gasteiger partial charge in [0, 0.05) is 23.5 Å². The maximum absolute atomic E-state index is 13.0. The first-order valence-corrected chi connectivity index (χ1v) is 9.43. The molecule has 3 rings (SSSR count). The van der Waals surface area contributed by atoms with Crippen LogP contribution in [0.1, 0.15) is 26.3 Å². The second-order valence-corrected chi connectivity index (χ2v) is 7.54. The van der Waals surface area contributed by atoms with E-state index in [2.05, 4.69) is 5.32 Å². The molecular weight excluding hydrogens is 360 g/mol. The maximum Gasteiger partial charge on any atom is 0.268 e. The number of hydrogen-bond donors (Lipinski definition) is 1. The predicted molar refractivity (Wildman–Crippen MR) is 107 cm³/mol. The Labute approximate surface area is 162 Å². The average molecular weight is 380 g/mol. The van der Waals surface area contributed by atoms with Gasteiger partial charge in [-0.3, -0.25) is 19.3 Å². The molecular formula is C21H20N2O3S. The molecule has 0 aromatic heterocycles. The molecule has 3 amide bonds. The molecule has 0 spiro atoms. The summed E-state index contributed by atoms with van der Waals surface area (Å²) in [5.74, 6) is -0.731. The molecule has 0 saturated heterocycles. The molecule has 0 bridgehead atoms. The van der Waals surface area contributed by atoms with Crippen LogP contribution in [0.2, 0.25) is 0 Å². The van der Waals surface area contributed by atoms with Gasteiger partial charge in [0.05, 0.1) is 10.5 Å². The van der Waals surface area contributed by atoms with Crippen LogP contribution in [0.5, 0.6) is 0 Å². The minimum Gasteiger partial charge on any atom is -0.326 e. The summed E-state index contributed by atoms with van der Waals surface area (Å²) < 4.78 is 0. The van der Waals surface area contributed by atoms with E-state index in [1.807, 2.05) is 44.2 Å². The van der Waals surface area contributed by atoms with Gasteiger partial charge in [-0.05, 0) is 43.7 Å². The Morgan fingerprint density at radius 2 is 1.59 bits per heavy atom. The van der Waals surface area contributed by atoms with Crippen molar-refractivity contribution >= 4 is 40.7 Å². The minimum absolute atomic E-state index is 0.166. The van der Waals surface area contributed by atoms with Crippen molar-refractivity contribution in [3.8, 4) is 0 Å². The molecule has 0 saturated carbocycles. The lowest BCUT2D eigenvalue weighted by Crippen LogP contribution is -2.37. The fourth-order valence-electron chi connectivity index (χ4n) is 2.87. The van der Waals surface area contributed by atoms with Gasteiger partial charge in [-0.2, -0.15) is 0 Å². The second kappa shape index (κ2) is 7.80. The van der Waals surface area contributed by atoms with Gasteiger partial charge in [0.25, 0.3) is 11.8 Å². The van der Waals surface area contributed by atoms with Crippen LogP contribution >= 0.6 is 11.8 Å². The number of thioether (sulfide) groups is 1. The number of imide groups is 1. The zero-order chi connectivity index (χ0) is 19.6. The van der Waals surface area contributed by atoms with E-state index in [0.29, 0.717) is 21.7 Å². The Morgan fingerprint density at radius 3 is 2.15 bits per heavy atom. The normalized spacial score (nSPS) is 14.3. The Kier molecular flexibility index (Phi) is 5.46. The Bertz CT molecular complexity index is 918. The fourth-order valence-corrected chi connectivity index (χ4v) is 3.90. The zero-order valence-electron chi connectivity index (χ0n) is 15.4. The Balaban J connectivity index is 2.03. The first-order chi connectivity index (χ1) is 12.9. The molecule has 1 aliphatic heterocycles. The van der Waals surface area contributed by atoms with E-state index < -0.39 is 0 Å². The maximum atomic E-state index is 13.0. The van der Waals surface area contributed by atoms with E-state index >= 15 is 0 Å². The number of benzene rings is 2. The largest absolute Gasteiger partial charge is 0.326 e. The highest BCUT2D eigenvalue weighted by Gasteiger charge is 2.40. The van der Waals surface area contributed by atoms with Crippen molar-refractivity contribution in [3.05, 3.63) is 65.1 Å². The van der Waals surface area contributed by atoms with Gasteiger partial charge < -0.3 is 5.32 Å². The van der Waals surface area contributed by atoms with Crippen molar-refractivity contribution in [1.29, 1.82) is 0 Å². The number of nitrogens with one attached hydrogen (secondary N) is 1. The zero-order valence-corrected chi connectivity index (χ0v) is 16.2. The van der Waals surface area contributed by atoms with Crippen molar-refractivity contribution in [3.63, 3.8) is 0 Å². The molecule has 1 N–H and O–H groups in total. The Hall–Kier alpha value is -2.86. The molecule has 2 aromatic carbocycles. The lowest BCUT2D eigenvalue weighted by Gasteiger charge is -2.19. The third-order valence-electron chi connectivity index (χ3n) is 4.05. The highest BCUT2D eigenvalue weighted by Crippen LogP contribution is 2.40. The van der Waals surface area contributed by atoms with Crippen molar-refractivity contribution in [2.45, 2.75) is 31.7 Å². The molecule has 0 unspecified atom stereocenters. The standard InChI is InChI=1S/C21H20N2O3S/c1-13(2)23-20(25)18(15-9-11-16(12-10-15)22-14(3)24)19(21(23)26)27-17-7-5-4-6-8-17/h4-13H,1-3H3,(H,22,24). The molecule has 0 fully saturated rings. The first-order valence-electron chi connectivity index (χ1n) is 8.61. The van der Waals surface area contributed by atoms with Gasteiger partial charge in [-0.25, -0.2) is 0 Å². The van der Waals surface area contributed by atoms with Crippen LogP contribution in [0.15, 0.2) is 64.4 Å². The van der Waals surface area contributed by atoms with Gasteiger partial charge >= 0.3 is 0 Å². The monoisotopic (exact) mass is 380 g/mol. The number of nitrogens with zero attached hydrogens (tertiary/aromatic N) is 1. The van der Waals surface area contributed by atoms with Crippen molar-refractivity contribution in [2.75, 3.05) is 5.32 Å². The van der Waals surface area contributed by atoms with Crippen molar-refractivity contribution in [1.82, 2.24) is 4.90 Å². The van der Waals surface area contributed by atoms with Crippen molar-refractivity contribution in [2.24, 2.45) is 0 Å². The van der Waals surface area contributed by atoms with Crippen LogP contribution in [0.25, 0.3) is 5.57 Å². The van der Waals surface area contributed by atoms with Crippen LogP contribution in [-0.2, 0) is 14.4 Å². The van der Waals surface area contributed by atoms with Crippen LogP contribution in [0, 0.1) is 0 Å². The van der Waals surface area contributed by atoms with Gasteiger partial charge in [-0.15, -0.1) is 0 Å². The number of anilines is 1. The predicted octanol–water partition coefficient (Wildman–Crippen LogP) is 3.93. The SMILES string of the molecule is CC(=O)Nc1ccc(C2=C(Sc3ccccc3)C(=O)N(C(C)C)C2=O)cc1. The van der Waals surface area contributed by atoms with Gasteiger partial charge in [0.15, 0.2) is 0 Å².